The Kier molecular flexibility index (Phi) is 5.41. The van der Waals surface area contributed by atoms with Crippen molar-refractivity contribution in [2.24, 2.45) is 5.41 Å². The van der Waals surface area contributed by atoms with Crippen LogP contribution in [0.5, 0.6) is 0 Å². The molecule has 2 atom stereocenters. The number of rotatable bonds is 6. The molecule has 1 aliphatic heterocycles. The Labute approximate surface area is 127 Å². The molecule has 0 aliphatic carbocycles. The number of aromatic nitrogens is 2. The number of aliphatic hydroxyl groups excluding tert-OH is 1. The van der Waals surface area contributed by atoms with Gasteiger partial charge in [-0.05, 0) is 0 Å². The first-order chi connectivity index (χ1) is 9.54. The Balaban J connectivity index is 1.98. The molecule has 1 aromatic heterocycles. The van der Waals surface area contributed by atoms with Crippen molar-refractivity contribution in [3.05, 3.63) is 12.3 Å². The molecular formula is C14H25AsN4O. The Morgan fingerprint density at radius 2 is 2.35 bits per heavy atom. The van der Waals surface area contributed by atoms with E-state index in [2.05, 4.69) is 29.0 Å². The zero-order chi connectivity index (χ0) is 14.6. The van der Waals surface area contributed by atoms with E-state index in [9.17, 15) is 5.11 Å². The maximum absolute atomic E-state index is 9.32. The summed E-state index contributed by atoms with van der Waals surface area (Å²) in [4.78, 5) is 11.5. The Morgan fingerprint density at radius 3 is 3.00 bits per heavy atom. The predicted octanol–water partition coefficient (Wildman–Crippen LogP) is -0.227. The van der Waals surface area contributed by atoms with Crippen LogP contribution in [0.25, 0.3) is 0 Å². The summed E-state index contributed by atoms with van der Waals surface area (Å²) < 4.78 is 0.997. The third kappa shape index (κ3) is 4.17. The van der Waals surface area contributed by atoms with Gasteiger partial charge in [0.15, 0.2) is 0 Å². The number of aliphatic hydroxyl groups is 1. The van der Waals surface area contributed by atoms with Gasteiger partial charge in [-0.1, -0.05) is 0 Å². The average molecular weight is 340 g/mol. The van der Waals surface area contributed by atoms with E-state index in [1.54, 1.807) is 0 Å². The summed E-state index contributed by atoms with van der Waals surface area (Å²) in [7, 11) is 2.02. The molecule has 1 aromatic rings. The van der Waals surface area contributed by atoms with Gasteiger partial charge in [-0.3, -0.25) is 0 Å². The van der Waals surface area contributed by atoms with E-state index in [0.717, 1.165) is 28.7 Å². The Hall–Kier alpha value is -0.642. The molecule has 1 aliphatic rings. The minimum absolute atomic E-state index is 0.00969. The van der Waals surface area contributed by atoms with Crippen LogP contribution in [0.2, 0.25) is 5.21 Å². The summed E-state index contributed by atoms with van der Waals surface area (Å²) in [6.07, 6.45) is 3.05. The Morgan fingerprint density at radius 1 is 1.55 bits per heavy atom. The van der Waals surface area contributed by atoms with Gasteiger partial charge in [0, 0.05) is 0 Å². The third-order valence-electron chi connectivity index (χ3n) is 3.71. The van der Waals surface area contributed by atoms with Gasteiger partial charge >= 0.3 is 127 Å². The van der Waals surface area contributed by atoms with E-state index in [4.69, 9.17) is 4.98 Å². The van der Waals surface area contributed by atoms with Gasteiger partial charge in [-0.15, -0.1) is 0 Å². The van der Waals surface area contributed by atoms with Crippen molar-refractivity contribution < 1.29 is 5.11 Å². The molecule has 1 fully saturated rings. The van der Waals surface area contributed by atoms with Crippen LogP contribution >= 0.6 is 0 Å². The predicted molar refractivity (Wildman–Crippen MR) is 84.2 cm³/mol. The van der Waals surface area contributed by atoms with E-state index in [-0.39, 0.29) is 27.8 Å². The van der Waals surface area contributed by atoms with Crippen LogP contribution in [0.4, 0.5) is 5.82 Å². The van der Waals surface area contributed by atoms with Crippen LogP contribution in [0, 0.1) is 5.41 Å². The van der Waals surface area contributed by atoms with Crippen LogP contribution in [-0.2, 0) is 0 Å². The van der Waals surface area contributed by atoms with E-state index in [0.29, 0.717) is 6.04 Å². The van der Waals surface area contributed by atoms with Gasteiger partial charge in [0.05, 0.1) is 0 Å². The van der Waals surface area contributed by atoms with Crippen LogP contribution < -0.4 is 14.8 Å². The van der Waals surface area contributed by atoms with Crippen molar-refractivity contribution in [2.45, 2.75) is 31.5 Å². The summed E-state index contributed by atoms with van der Waals surface area (Å²) >= 11 is -0.385. The molecule has 2 rings (SSSR count). The minimum atomic E-state index is -0.385. The quantitative estimate of drug-likeness (QED) is 0.701. The number of hydrogen-bond donors (Lipinski definition) is 2. The summed E-state index contributed by atoms with van der Waals surface area (Å²) in [5.74, 6) is 1.05. The van der Waals surface area contributed by atoms with Crippen LogP contribution in [0.1, 0.15) is 20.3 Å². The molecule has 1 saturated heterocycles. The van der Waals surface area contributed by atoms with Crippen molar-refractivity contribution in [3.8, 4) is 0 Å². The van der Waals surface area contributed by atoms with Crippen LogP contribution in [0.3, 0.4) is 0 Å². The monoisotopic (exact) mass is 340 g/mol. The summed E-state index contributed by atoms with van der Waals surface area (Å²) in [6, 6.07) is 2.57. The number of likely N-dealkylation sites (N-methyl/N-ethyl adjacent to an activating group) is 1. The molecule has 1 unspecified atom stereocenters. The van der Waals surface area contributed by atoms with Crippen molar-refractivity contribution in [1.82, 2.24) is 15.3 Å². The molecular weight excluding hydrogens is 315 g/mol. The van der Waals surface area contributed by atoms with Gasteiger partial charge in [-0.2, -0.15) is 0 Å². The van der Waals surface area contributed by atoms with E-state index >= 15 is 0 Å². The molecule has 6 heteroatoms. The SMILES string of the molecule is CN[C@H]1CCN(c2ccnc([AsH]CC(C)(C)CO)n2)C1. The van der Waals surface area contributed by atoms with E-state index < -0.39 is 0 Å². The van der Waals surface area contributed by atoms with Crippen LogP contribution in [0.15, 0.2) is 12.3 Å². The zero-order valence-corrected chi connectivity index (χ0v) is 14.7. The normalized spacial score (nSPS) is 20.2. The maximum atomic E-state index is 9.32. The topological polar surface area (TPSA) is 61.3 Å². The molecule has 0 spiro atoms. The van der Waals surface area contributed by atoms with Gasteiger partial charge in [0.1, 0.15) is 0 Å². The third-order valence-corrected chi connectivity index (χ3v) is 7.26. The molecule has 112 valence electrons. The molecule has 20 heavy (non-hydrogen) atoms. The molecule has 0 amide bonds. The second-order valence-electron chi connectivity index (χ2n) is 6.13. The van der Waals surface area contributed by atoms with Crippen LogP contribution in [-0.4, -0.2) is 63.6 Å². The van der Waals surface area contributed by atoms with Gasteiger partial charge in [0.25, 0.3) is 0 Å². The zero-order valence-electron chi connectivity index (χ0n) is 12.6. The fraction of sp³-hybridized carbons (Fsp3) is 0.714. The van der Waals surface area contributed by atoms with Gasteiger partial charge in [0.2, 0.25) is 0 Å². The Bertz CT molecular complexity index is 441. The first kappa shape index (κ1) is 15.7. The van der Waals surface area contributed by atoms with Gasteiger partial charge in [-0.25, -0.2) is 0 Å². The van der Waals surface area contributed by atoms with Crippen molar-refractivity contribution in [3.63, 3.8) is 0 Å². The fourth-order valence-corrected chi connectivity index (χ4v) is 4.51. The molecule has 0 saturated carbocycles. The average Bonchev–Trinajstić information content (AvgIpc) is 2.95. The molecule has 2 N–H and O–H groups in total. The van der Waals surface area contributed by atoms with E-state index in [1.165, 1.54) is 6.42 Å². The summed E-state index contributed by atoms with van der Waals surface area (Å²) in [5.41, 5.74) is -0.00969. The number of hydrogen-bond acceptors (Lipinski definition) is 5. The number of anilines is 1. The molecule has 0 aromatic carbocycles. The number of nitrogens with one attached hydrogen (secondary N) is 1. The summed E-state index contributed by atoms with van der Waals surface area (Å²) in [6.45, 7) is 6.50. The molecule has 0 bridgehead atoms. The first-order valence-corrected chi connectivity index (χ1v) is 9.67. The molecule has 5 nitrogen and oxygen atoms in total. The van der Waals surface area contributed by atoms with Crippen molar-refractivity contribution >= 4 is 26.2 Å². The molecule has 2 heterocycles. The van der Waals surface area contributed by atoms with E-state index in [1.807, 2.05) is 19.3 Å². The van der Waals surface area contributed by atoms with Gasteiger partial charge < -0.3 is 0 Å². The van der Waals surface area contributed by atoms with Crippen molar-refractivity contribution in [1.29, 1.82) is 0 Å². The standard InChI is InChI=1S/C14H25AsN4O/c1-14(2,10-20)9-15-13-17-6-4-12(18-13)19-7-5-11(8-19)16-3/h4,6,11,15-16,20H,5,7-10H2,1-3H3/t11-/m0/s1. The second kappa shape index (κ2) is 6.88. The number of nitrogens with zero attached hydrogens (tertiary/aromatic N) is 3. The molecule has 0 radical (unpaired) electrons. The summed E-state index contributed by atoms with van der Waals surface area (Å²) in [5, 5.41) is 13.7. The fourth-order valence-electron chi connectivity index (χ4n) is 2.19. The first-order valence-electron chi connectivity index (χ1n) is 7.14. The van der Waals surface area contributed by atoms with Crippen molar-refractivity contribution in [2.75, 3.05) is 31.6 Å². The second-order valence-corrected chi connectivity index (χ2v) is 8.56.